The van der Waals surface area contributed by atoms with E-state index in [9.17, 15) is 31.2 Å². The second-order valence-corrected chi connectivity index (χ2v) is 7.90. The summed E-state index contributed by atoms with van der Waals surface area (Å²) in [6, 6.07) is 8.97. The lowest BCUT2D eigenvalue weighted by Crippen LogP contribution is -2.30. The van der Waals surface area contributed by atoms with Gasteiger partial charge in [0, 0.05) is 0 Å². The molecule has 2 N–H and O–H groups in total. The number of amides is 1. The topological polar surface area (TPSA) is 102 Å². The smallest absolute Gasteiger partial charge is 0.418 e. The summed E-state index contributed by atoms with van der Waals surface area (Å²) in [5.41, 5.74) is -1.58. The molecule has 11 heteroatoms. The number of halogens is 3. The van der Waals surface area contributed by atoms with Crippen LogP contribution in [0.2, 0.25) is 0 Å². The molecule has 0 aliphatic carbocycles. The summed E-state index contributed by atoms with van der Waals surface area (Å²) in [7, 11) is -3.85. The van der Waals surface area contributed by atoms with E-state index in [1.807, 2.05) is 0 Å². The van der Waals surface area contributed by atoms with Crippen LogP contribution >= 0.6 is 0 Å². The fraction of sp³-hybridized carbons (Fsp3) is 0.200. The number of para-hydroxylation sites is 1. The predicted octanol–water partition coefficient (Wildman–Crippen LogP) is 2.80. The Morgan fingerprint density at radius 1 is 1.13 bits per heavy atom. The average Bonchev–Trinajstić information content (AvgIpc) is 2.72. The van der Waals surface area contributed by atoms with Crippen LogP contribution < -0.4 is 10.0 Å². The van der Waals surface area contributed by atoms with Gasteiger partial charge in [-0.1, -0.05) is 18.1 Å². The first-order valence-electron chi connectivity index (χ1n) is 8.67. The van der Waals surface area contributed by atoms with Crippen LogP contribution in [0.4, 0.5) is 18.9 Å². The zero-order valence-corrected chi connectivity index (χ0v) is 16.9. The van der Waals surface area contributed by atoms with Gasteiger partial charge in [0.2, 0.25) is 10.0 Å². The largest absolute Gasteiger partial charge is 0.449 e. The fourth-order valence-electron chi connectivity index (χ4n) is 2.35. The van der Waals surface area contributed by atoms with E-state index < -0.39 is 45.4 Å². The summed E-state index contributed by atoms with van der Waals surface area (Å²) in [6.07, 6.45) is -1.10. The Labute approximate surface area is 176 Å². The number of benzene rings is 2. The van der Waals surface area contributed by atoms with Crippen LogP contribution in [0.5, 0.6) is 0 Å². The molecule has 0 radical (unpaired) electrons. The molecule has 0 aromatic heterocycles. The number of carbonyl (C=O) groups excluding carboxylic acids is 2. The molecule has 164 valence electrons. The zero-order chi connectivity index (χ0) is 23.2. The molecular weight excluding hydrogens is 437 g/mol. The van der Waals surface area contributed by atoms with Gasteiger partial charge in [-0.25, -0.2) is 13.2 Å². The molecule has 0 fully saturated rings. The number of hydrogen-bond acceptors (Lipinski definition) is 5. The molecule has 7 nitrogen and oxygen atoms in total. The van der Waals surface area contributed by atoms with Crippen molar-refractivity contribution in [1.82, 2.24) is 4.72 Å². The van der Waals surface area contributed by atoms with Crippen molar-refractivity contribution in [3.8, 4) is 12.3 Å². The molecule has 0 heterocycles. The number of anilines is 1. The molecule has 0 aliphatic heterocycles. The molecule has 1 amide bonds. The van der Waals surface area contributed by atoms with Gasteiger partial charge in [0.05, 0.1) is 28.3 Å². The molecule has 0 saturated heterocycles. The van der Waals surface area contributed by atoms with Crippen molar-refractivity contribution >= 4 is 27.6 Å². The third kappa shape index (κ3) is 6.31. The highest BCUT2D eigenvalue weighted by molar-refractivity contribution is 7.89. The fourth-order valence-corrected chi connectivity index (χ4v) is 3.28. The van der Waals surface area contributed by atoms with E-state index in [-0.39, 0.29) is 17.0 Å². The number of alkyl halides is 3. The number of ether oxygens (including phenoxy) is 1. The highest BCUT2D eigenvalue weighted by Crippen LogP contribution is 2.34. The maximum absolute atomic E-state index is 13.0. The van der Waals surface area contributed by atoms with Crippen molar-refractivity contribution in [2.75, 3.05) is 11.9 Å². The van der Waals surface area contributed by atoms with Gasteiger partial charge >= 0.3 is 12.1 Å². The Morgan fingerprint density at radius 3 is 2.32 bits per heavy atom. The number of nitrogens with one attached hydrogen (secondary N) is 2. The summed E-state index contributed by atoms with van der Waals surface area (Å²) in [5.74, 6) is 0.184. The maximum Gasteiger partial charge on any atom is 0.418 e. The van der Waals surface area contributed by atoms with Crippen LogP contribution in [0.15, 0.2) is 53.4 Å². The van der Waals surface area contributed by atoms with Gasteiger partial charge in [0.25, 0.3) is 5.91 Å². The first-order chi connectivity index (χ1) is 14.5. The van der Waals surface area contributed by atoms with Gasteiger partial charge in [-0.2, -0.15) is 17.9 Å². The Morgan fingerprint density at radius 2 is 1.74 bits per heavy atom. The lowest BCUT2D eigenvalue weighted by molar-refractivity contribution is -0.137. The molecule has 2 aromatic rings. The monoisotopic (exact) mass is 454 g/mol. The van der Waals surface area contributed by atoms with Gasteiger partial charge < -0.3 is 10.1 Å². The van der Waals surface area contributed by atoms with Crippen molar-refractivity contribution in [1.29, 1.82) is 0 Å². The highest BCUT2D eigenvalue weighted by Gasteiger charge is 2.34. The molecular formula is C20H17F3N2O5S. The minimum absolute atomic E-state index is 0.0637. The SMILES string of the molecule is C#CCNS(=O)(=O)c1ccc(C(=O)O[C@H](C)C(=O)Nc2ccccc2C(F)(F)F)cc1. The maximum atomic E-state index is 13.0. The van der Waals surface area contributed by atoms with Crippen LogP contribution in [-0.4, -0.2) is 32.9 Å². The summed E-state index contributed by atoms with van der Waals surface area (Å²) in [4.78, 5) is 24.2. The van der Waals surface area contributed by atoms with Crippen LogP contribution in [0.1, 0.15) is 22.8 Å². The van der Waals surface area contributed by atoms with Crippen molar-refractivity contribution < 1.29 is 35.9 Å². The number of carbonyl (C=O) groups is 2. The second kappa shape index (κ2) is 9.63. The van der Waals surface area contributed by atoms with Crippen LogP contribution in [0, 0.1) is 12.3 Å². The van der Waals surface area contributed by atoms with E-state index in [1.54, 1.807) is 0 Å². The molecule has 31 heavy (non-hydrogen) atoms. The first kappa shape index (κ1) is 23.9. The molecule has 1 atom stereocenters. The van der Waals surface area contributed by atoms with Crippen molar-refractivity contribution in [3.63, 3.8) is 0 Å². The van der Waals surface area contributed by atoms with E-state index in [0.29, 0.717) is 0 Å². The predicted molar refractivity (Wildman–Crippen MR) is 105 cm³/mol. The molecule has 0 saturated carbocycles. The second-order valence-electron chi connectivity index (χ2n) is 6.13. The minimum atomic E-state index is -4.68. The van der Waals surface area contributed by atoms with Gasteiger partial charge in [-0.3, -0.25) is 4.79 Å². The third-order valence-corrected chi connectivity index (χ3v) is 5.33. The first-order valence-corrected chi connectivity index (χ1v) is 10.2. The molecule has 0 bridgehead atoms. The number of rotatable bonds is 7. The van der Waals surface area contributed by atoms with Crippen molar-refractivity contribution in [2.45, 2.75) is 24.1 Å². The van der Waals surface area contributed by atoms with Crippen LogP contribution in [0.3, 0.4) is 0 Å². The average molecular weight is 454 g/mol. The molecule has 0 unspecified atom stereocenters. The number of sulfonamides is 1. The van der Waals surface area contributed by atoms with Gasteiger partial charge in [-0.05, 0) is 43.3 Å². The van der Waals surface area contributed by atoms with E-state index in [4.69, 9.17) is 11.2 Å². The van der Waals surface area contributed by atoms with Gasteiger partial charge in [0.1, 0.15) is 0 Å². The standard InChI is InChI=1S/C20H17F3N2O5S/c1-3-12-24-31(28,29)15-10-8-14(9-11-15)19(27)30-13(2)18(26)25-17-7-5-4-6-16(17)20(21,22)23/h1,4-11,13,24H,12H2,2H3,(H,25,26)/t13-/m1/s1. The lowest BCUT2D eigenvalue weighted by Gasteiger charge is -2.17. The quantitative estimate of drug-likeness (QED) is 0.495. The molecule has 0 spiro atoms. The lowest BCUT2D eigenvalue weighted by atomic mass is 10.1. The number of esters is 1. The normalized spacial score (nSPS) is 12.5. The summed E-state index contributed by atoms with van der Waals surface area (Å²) < 4.78 is 70.1. The van der Waals surface area contributed by atoms with Gasteiger partial charge in [0.15, 0.2) is 6.10 Å². The zero-order valence-electron chi connectivity index (χ0n) is 16.1. The number of hydrogen-bond donors (Lipinski definition) is 2. The van der Waals surface area contributed by atoms with E-state index in [2.05, 4.69) is 16.0 Å². The van der Waals surface area contributed by atoms with E-state index >= 15 is 0 Å². The Balaban J connectivity index is 2.06. The van der Waals surface area contributed by atoms with Crippen molar-refractivity contribution in [3.05, 3.63) is 59.7 Å². The number of terminal acetylenes is 1. The third-order valence-electron chi connectivity index (χ3n) is 3.91. The molecule has 2 rings (SSSR count). The van der Waals surface area contributed by atoms with Gasteiger partial charge in [-0.15, -0.1) is 6.42 Å². The molecule has 2 aromatic carbocycles. The Hall–Kier alpha value is -3.36. The van der Waals surface area contributed by atoms with Crippen LogP contribution in [-0.2, 0) is 25.7 Å². The Bertz CT molecular complexity index is 1110. The van der Waals surface area contributed by atoms with Crippen molar-refractivity contribution in [2.24, 2.45) is 0 Å². The van der Waals surface area contributed by atoms with Crippen LogP contribution in [0.25, 0.3) is 0 Å². The minimum Gasteiger partial charge on any atom is -0.449 e. The highest BCUT2D eigenvalue weighted by atomic mass is 32.2. The van der Waals surface area contributed by atoms with E-state index in [1.165, 1.54) is 19.1 Å². The summed E-state index contributed by atoms with van der Waals surface area (Å²) in [5, 5.41) is 2.08. The molecule has 0 aliphatic rings. The Kier molecular flexibility index (Phi) is 7.43. The summed E-state index contributed by atoms with van der Waals surface area (Å²) >= 11 is 0. The van der Waals surface area contributed by atoms with E-state index in [0.717, 1.165) is 36.4 Å². The summed E-state index contributed by atoms with van der Waals surface area (Å²) in [6.45, 7) is 0.974.